The van der Waals surface area contributed by atoms with Crippen molar-refractivity contribution in [3.63, 3.8) is 0 Å². The van der Waals surface area contributed by atoms with Crippen LogP contribution in [0.2, 0.25) is 0 Å². The van der Waals surface area contributed by atoms with Crippen molar-refractivity contribution in [3.05, 3.63) is 47.0 Å². The van der Waals surface area contributed by atoms with Crippen LogP contribution in [-0.2, 0) is 15.1 Å². The summed E-state index contributed by atoms with van der Waals surface area (Å²) in [6, 6.07) is 5.87. The minimum atomic E-state index is -1.11. The van der Waals surface area contributed by atoms with Crippen LogP contribution in [0.5, 0.6) is 5.88 Å². The molecule has 0 aliphatic heterocycles. The number of esters is 1. The summed E-state index contributed by atoms with van der Waals surface area (Å²) in [5.41, 5.74) is 1.09. The fraction of sp³-hybridized carbons (Fsp3) is 0.440. The highest BCUT2D eigenvalue weighted by Gasteiger charge is 2.49. The highest BCUT2D eigenvalue weighted by Crippen LogP contribution is 2.51. The molecule has 10 heteroatoms. The molecule has 8 nitrogen and oxygen atoms in total. The summed E-state index contributed by atoms with van der Waals surface area (Å²) in [7, 11) is 2.74. The van der Waals surface area contributed by atoms with Gasteiger partial charge in [-0.25, -0.2) is 9.97 Å². The number of hydrogen-bond acceptors (Lipinski definition) is 9. The minimum Gasteiger partial charge on any atom is -0.479 e. The van der Waals surface area contributed by atoms with Crippen LogP contribution in [0.1, 0.15) is 43.7 Å². The summed E-state index contributed by atoms with van der Waals surface area (Å²) >= 11 is 1.43. The Balaban J connectivity index is 1.58. The van der Waals surface area contributed by atoms with Gasteiger partial charge in [-0.1, -0.05) is 19.9 Å². The van der Waals surface area contributed by atoms with Crippen molar-refractivity contribution >= 4 is 28.9 Å². The molecule has 2 aromatic heterocycles. The van der Waals surface area contributed by atoms with E-state index in [0.29, 0.717) is 24.3 Å². The SMILES string of the molecule is COC(=O)C1CCC(O)(c2ncc(-c3cc(C)cc(Nc4ncc(F)c(OC)n4)c3)s2)CC1(C)C. The maximum absolute atomic E-state index is 13.6. The average molecular weight is 501 g/mol. The fourth-order valence-electron chi connectivity index (χ4n) is 4.81. The van der Waals surface area contributed by atoms with Gasteiger partial charge in [-0.3, -0.25) is 4.79 Å². The summed E-state index contributed by atoms with van der Waals surface area (Å²) in [5, 5.41) is 15.2. The van der Waals surface area contributed by atoms with E-state index in [9.17, 15) is 14.3 Å². The van der Waals surface area contributed by atoms with Crippen LogP contribution in [-0.4, -0.2) is 40.2 Å². The molecule has 4 rings (SSSR count). The molecule has 1 aliphatic carbocycles. The number of benzene rings is 1. The number of ether oxygens (including phenoxy) is 2. The Morgan fingerprint density at radius 1 is 1.23 bits per heavy atom. The molecule has 0 bridgehead atoms. The number of aliphatic hydroxyl groups is 1. The van der Waals surface area contributed by atoms with E-state index < -0.39 is 16.8 Å². The lowest BCUT2D eigenvalue weighted by atomic mass is 9.63. The van der Waals surface area contributed by atoms with Crippen molar-refractivity contribution in [2.24, 2.45) is 11.3 Å². The predicted octanol–water partition coefficient (Wildman–Crippen LogP) is 4.99. The number of methoxy groups -OCH3 is 2. The fourth-order valence-corrected chi connectivity index (χ4v) is 5.82. The van der Waals surface area contributed by atoms with Crippen molar-refractivity contribution in [1.29, 1.82) is 0 Å². The molecule has 1 aromatic carbocycles. The first-order valence-electron chi connectivity index (χ1n) is 11.3. The van der Waals surface area contributed by atoms with E-state index in [1.54, 1.807) is 6.20 Å². The smallest absolute Gasteiger partial charge is 0.309 e. The third-order valence-electron chi connectivity index (χ3n) is 6.45. The van der Waals surface area contributed by atoms with Gasteiger partial charge >= 0.3 is 5.97 Å². The Morgan fingerprint density at radius 3 is 2.69 bits per heavy atom. The molecular weight excluding hydrogens is 471 g/mol. The van der Waals surface area contributed by atoms with E-state index in [0.717, 1.165) is 27.9 Å². The van der Waals surface area contributed by atoms with Crippen LogP contribution >= 0.6 is 11.3 Å². The molecule has 2 N–H and O–H groups in total. The van der Waals surface area contributed by atoms with Crippen molar-refractivity contribution in [1.82, 2.24) is 15.0 Å². The molecule has 3 aromatic rings. The molecule has 35 heavy (non-hydrogen) atoms. The number of aromatic nitrogens is 3. The number of nitrogens with zero attached hydrogens (tertiary/aromatic N) is 3. The first kappa shape index (κ1) is 25.0. The molecule has 1 aliphatic rings. The number of rotatable bonds is 6. The second-order valence-corrected chi connectivity index (χ2v) is 10.6. The van der Waals surface area contributed by atoms with E-state index in [1.165, 1.54) is 25.6 Å². The number of nitrogens with one attached hydrogen (secondary N) is 1. The topological polar surface area (TPSA) is 106 Å². The number of carbonyl (C=O) groups excluding carboxylic acids is 1. The Bertz CT molecular complexity index is 1250. The third-order valence-corrected chi connectivity index (χ3v) is 7.69. The van der Waals surface area contributed by atoms with Gasteiger partial charge in [-0.2, -0.15) is 9.37 Å². The van der Waals surface area contributed by atoms with Crippen LogP contribution in [0.3, 0.4) is 0 Å². The quantitative estimate of drug-likeness (QED) is 0.456. The zero-order valence-corrected chi connectivity index (χ0v) is 21.2. The number of thiazole rings is 1. The van der Waals surface area contributed by atoms with Crippen molar-refractivity contribution < 1.29 is 23.8 Å². The van der Waals surface area contributed by atoms with Crippen molar-refractivity contribution in [2.75, 3.05) is 19.5 Å². The number of anilines is 2. The van der Waals surface area contributed by atoms with Gasteiger partial charge in [0.2, 0.25) is 11.8 Å². The van der Waals surface area contributed by atoms with Gasteiger partial charge in [-0.15, -0.1) is 11.3 Å². The maximum Gasteiger partial charge on any atom is 0.309 e. The summed E-state index contributed by atoms with van der Waals surface area (Å²) in [6.07, 6.45) is 4.19. The van der Waals surface area contributed by atoms with Crippen molar-refractivity contribution in [3.8, 4) is 16.3 Å². The van der Waals surface area contributed by atoms with E-state index in [2.05, 4.69) is 20.3 Å². The lowest BCUT2D eigenvalue weighted by Gasteiger charge is -2.44. The van der Waals surface area contributed by atoms with E-state index in [1.807, 2.05) is 39.0 Å². The average Bonchev–Trinajstić information content (AvgIpc) is 3.30. The lowest BCUT2D eigenvalue weighted by molar-refractivity contribution is -0.157. The summed E-state index contributed by atoms with van der Waals surface area (Å²) in [6.45, 7) is 5.93. The predicted molar refractivity (Wildman–Crippen MR) is 131 cm³/mol. The van der Waals surface area contributed by atoms with Gasteiger partial charge in [-0.05, 0) is 54.9 Å². The molecule has 1 saturated carbocycles. The van der Waals surface area contributed by atoms with Crippen LogP contribution in [0.4, 0.5) is 16.0 Å². The third kappa shape index (κ3) is 5.13. The normalized spacial score (nSPS) is 21.4. The van der Waals surface area contributed by atoms with Crippen molar-refractivity contribution in [2.45, 2.75) is 45.6 Å². The van der Waals surface area contributed by atoms with E-state index in [4.69, 9.17) is 9.47 Å². The molecule has 2 unspecified atom stereocenters. The highest BCUT2D eigenvalue weighted by molar-refractivity contribution is 7.15. The Kier molecular flexibility index (Phi) is 6.79. The van der Waals surface area contributed by atoms with Crippen LogP contribution in [0, 0.1) is 24.1 Å². The van der Waals surface area contributed by atoms with Gasteiger partial charge < -0.3 is 19.9 Å². The zero-order valence-electron chi connectivity index (χ0n) is 20.4. The highest BCUT2D eigenvalue weighted by atomic mass is 32.1. The Hall–Kier alpha value is -3.11. The molecule has 2 heterocycles. The molecule has 0 radical (unpaired) electrons. The van der Waals surface area contributed by atoms with Crippen LogP contribution < -0.4 is 10.1 Å². The monoisotopic (exact) mass is 500 g/mol. The molecule has 186 valence electrons. The molecule has 2 atom stereocenters. The number of aryl methyl sites for hydroxylation is 1. The van der Waals surface area contributed by atoms with Gasteiger partial charge in [0, 0.05) is 11.9 Å². The molecule has 0 saturated heterocycles. The second-order valence-electron chi connectivity index (χ2n) is 9.60. The molecular formula is C25H29FN4O4S. The summed E-state index contributed by atoms with van der Waals surface area (Å²) < 4.78 is 23.5. The van der Waals surface area contributed by atoms with E-state index >= 15 is 0 Å². The first-order chi connectivity index (χ1) is 16.5. The Morgan fingerprint density at radius 2 is 2.00 bits per heavy atom. The standard InChI is InChI=1S/C25H29FN4O4S/c1-14-8-15(10-16(9-14)29-23-28-11-18(26)20(30-23)33-4)19-12-27-22(35-19)25(32)7-6-17(21(31)34-5)24(2,3)13-25/h8-12,17,32H,6-7,13H2,1-5H3,(H,28,29,30). The van der Waals surface area contributed by atoms with Gasteiger partial charge in [0.1, 0.15) is 10.6 Å². The van der Waals surface area contributed by atoms with Crippen LogP contribution in [0.15, 0.2) is 30.6 Å². The molecule has 1 fully saturated rings. The summed E-state index contributed by atoms with van der Waals surface area (Å²) in [5.74, 6) is -1.06. The van der Waals surface area contributed by atoms with Gasteiger partial charge in [0.25, 0.3) is 5.88 Å². The van der Waals surface area contributed by atoms with E-state index in [-0.39, 0.29) is 23.7 Å². The molecule has 0 spiro atoms. The second kappa shape index (κ2) is 9.50. The Labute approximate surface area is 207 Å². The van der Waals surface area contributed by atoms with Gasteiger partial charge in [0.05, 0.1) is 31.2 Å². The summed E-state index contributed by atoms with van der Waals surface area (Å²) in [4.78, 5) is 25.7. The largest absolute Gasteiger partial charge is 0.479 e. The van der Waals surface area contributed by atoms with Gasteiger partial charge in [0.15, 0.2) is 0 Å². The number of carbonyl (C=O) groups is 1. The molecule has 0 amide bonds. The zero-order chi connectivity index (χ0) is 25.4. The lowest BCUT2D eigenvalue weighted by Crippen LogP contribution is -2.45. The number of halogens is 1. The maximum atomic E-state index is 13.6. The minimum absolute atomic E-state index is 0.138. The first-order valence-corrected chi connectivity index (χ1v) is 12.1. The van der Waals surface area contributed by atoms with Crippen LogP contribution in [0.25, 0.3) is 10.4 Å². The number of hydrogen-bond donors (Lipinski definition) is 2.